The van der Waals surface area contributed by atoms with Crippen LogP contribution in [-0.4, -0.2) is 16.1 Å². The first-order valence-electron chi connectivity index (χ1n) is 7.54. The van der Waals surface area contributed by atoms with Gasteiger partial charge in [-0.25, -0.2) is 4.98 Å². The summed E-state index contributed by atoms with van der Waals surface area (Å²) in [6, 6.07) is 0.639. The standard InChI is InChI=1S/C15H25N3/c1-11(13-6-4-3-5-7-13)18-12(2)17-14-10-16-9-8-15(14)18/h11,13,16H,3-10H2,1-2H3. The van der Waals surface area contributed by atoms with Crippen LogP contribution in [0.1, 0.15) is 62.3 Å². The largest absolute Gasteiger partial charge is 0.329 e. The average molecular weight is 247 g/mol. The predicted octanol–water partition coefficient (Wildman–Crippen LogP) is 2.98. The summed E-state index contributed by atoms with van der Waals surface area (Å²) in [5.74, 6) is 2.09. The predicted molar refractivity (Wildman–Crippen MR) is 73.7 cm³/mol. The van der Waals surface area contributed by atoms with E-state index in [4.69, 9.17) is 4.98 Å². The monoisotopic (exact) mass is 247 g/mol. The minimum atomic E-state index is 0.639. The van der Waals surface area contributed by atoms with Gasteiger partial charge in [-0.05, 0) is 32.6 Å². The van der Waals surface area contributed by atoms with Gasteiger partial charge in [0.1, 0.15) is 5.82 Å². The molecule has 1 aromatic heterocycles. The van der Waals surface area contributed by atoms with Gasteiger partial charge in [-0.1, -0.05) is 19.3 Å². The maximum absolute atomic E-state index is 4.77. The van der Waals surface area contributed by atoms with Crippen molar-refractivity contribution in [2.24, 2.45) is 5.92 Å². The van der Waals surface area contributed by atoms with Crippen LogP contribution in [0.2, 0.25) is 0 Å². The number of rotatable bonds is 2. The SMILES string of the molecule is Cc1nc2c(n1C(C)C1CCCCC1)CCNC2. The van der Waals surface area contributed by atoms with Crippen LogP contribution in [0.4, 0.5) is 0 Å². The summed E-state index contributed by atoms with van der Waals surface area (Å²) in [6.07, 6.45) is 8.25. The molecule has 0 aromatic carbocycles. The summed E-state index contributed by atoms with van der Waals surface area (Å²) in [7, 11) is 0. The van der Waals surface area contributed by atoms with Crippen molar-refractivity contribution in [3.8, 4) is 0 Å². The normalized spacial score (nSPS) is 22.8. The van der Waals surface area contributed by atoms with Crippen molar-refractivity contribution >= 4 is 0 Å². The van der Waals surface area contributed by atoms with Gasteiger partial charge in [-0.2, -0.15) is 0 Å². The molecule has 1 unspecified atom stereocenters. The summed E-state index contributed by atoms with van der Waals surface area (Å²) >= 11 is 0. The molecule has 1 saturated carbocycles. The Labute approximate surface area is 110 Å². The van der Waals surface area contributed by atoms with E-state index in [9.17, 15) is 0 Å². The number of aryl methyl sites for hydroxylation is 1. The zero-order chi connectivity index (χ0) is 12.5. The topological polar surface area (TPSA) is 29.9 Å². The molecular weight excluding hydrogens is 222 g/mol. The molecule has 2 aliphatic rings. The van der Waals surface area contributed by atoms with Crippen LogP contribution >= 0.6 is 0 Å². The van der Waals surface area contributed by atoms with Gasteiger partial charge in [0.05, 0.1) is 5.69 Å². The van der Waals surface area contributed by atoms with Gasteiger partial charge in [0.25, 0.3) is 0 Å². The molecule has 1 aliphatic carbocycles. The first kappa shape index (κ1) is 12.2. The average Bonchev–Trinajstić information content (AvgIpc) is 2.75. The number of hydrogen-bond acceptors (Lipinski definition) is 2. The second-order valence-electron chi connectivity index (χ2n) is 5.99. The van der Waals surface area contributed by atoms with E-state index in [0.29, 0.717) is 6.04 Å². The molecule has 3 heteroatoms. The summed E-state index contributed by atoms with van der Waals surface area (Å²) < 4.78 is 2.55. The Balaban J connectivity index is 1.88. The minimum absolute atomic E-state index is 0.639. The molecular formula is C15H25N3. The Hall–Kier alpha value is -0.830. The Bertz CT molecular complexity index is 416. The fraction of sp³-hybridized carbons (Fsp3) is 0.800. The molecule has 3 rings (SSSR count). The smallest absolute Gasteiger partial charge is 0.106 e. The van der Waals surface area contributed by atoms with Gasteiger partial charge in [-0.3, -0.25) is 0 Å². The Kier molecular flexibility index (Phi) is 3.42. The van der Waals surface area contributed by atoms with E-state index in [0.717, 1.165) is 25.4 Å². The highest BCUT2D eigenvalue weighted by Gasteiger charge is 2.26. The molecule has 0 spiro atoms. The lowest BCUT2D eigenvalue weighted by molar-refractivity contribution is 0.257. The summed E-state index contributed by atoms with van der Waals surface area (Å²) in [5, 5.41) is 3.42. The fourth-order valence-electron chi connectivity index (χ4n) is 3.84. The van der Waals surface area contributed by atoms with Gasteiger partial charge < -0.3 is 9.88 Å². The summed E-state index contributed by atoms with van der Waals surface area (Å²) in [6.45, 7) is 6.65. The fourth-order valence-corrected chi connectivity index (χ4v) is 3.84. The van der Waals surface area contributed by atoms with E-state index < -0.39 is 0 Å². The van der Waals surface area contributed by atoms with Crippen molar-refractivity contribution in [2.75, 3.05) is 6.54 Å². The first-order chi connectivity index (χ1) is 8.77. The van der Waals surface area contributed by atoms with Crippen molar-refractivity contribution in [3.05, 3.63) is 17.2 Å². The summed E-state index contributed by atoms with van der Waals surface area (Å²) in [4.78, 5) is 4.77. The van der Waals surface area contributed by atoms with Crippen LogP contribution in [0.3, 0.4) is 0 Å². The number of aromatic nitrogens is 2. The van der Waals surface area contributed by atoms with Crippen LogP contribution in [0, 0.1) is 12.8 Å². The van der Waals surface area contributed by atoms with E-state index >= 15 is 0 Å². The van der Waals surface area contributed by atoms with E-state index in [1.165, 1.54) is 49.3 Å². The molecule has 1 aliphatic heterocycles. The molecule has 0 saturated heterocycles. The maximum Gasteiger partial charge on any atom is 0.106 e. The minimum Gasteiger partial charge on any atom is -0.329 e. The third kappa shape index (κ3) is 2.09. The molecule has 1 N–H and O–H groups in total. The second-order valence-corrected chi connectivity index (χ2v) is 5.99. The summed E-state index contributed by atoms with van der Waals surface area (Å²) in [5.41, 5.74) is 2.80. The molecule has 1 aromatic rings. The molecule has 0 bridgehead atoms. The number of hydrogen-bond donors (Lipinski definition) is 1. The number of fused-ring (bicyclic) bond motifs is 1. The highest BCUT2D eigenvalue weighted by atomic mass is 15.1. The van der Waals surface area contributed by atoms with Crippen LogP contribution in [0.25, 0.3) is 0 Å². The highest BCUT2D eigenvalue weighted by Crippen LogP contribution is 2.35. The van der Waals surface area contributed by atoms with Crippen molar-refractivity contribution in [2.45, 2.75) is 65.0 Å². The van der Waals surface area contributed by atoms with Crippen molar-refractivity contribution < 1.29 is 0 Å². The lowest BCUT2D eigenvalue weighted by atomic mass is 9.84. The zero-order valence-electron chi connectivity index (χ0n) is 11.7. The van der Waals surface area contributed by atoms with Gasteiger partial charge >= 0.3 is 0 Å². The van der Waals surface area contributed by atoms with Crippen molar-refractivity contribution in [1.82, 2.24) is 14.9 Å². The second kappa shape index (κ2) is 5.04. The molecule has 18 heavy (non-hydrogen) atoms. The number of nitrogens with one attached hydrogen (secondary N) is 1. The van der Waals surface area contributed by atoms with Gasteiger partial charge in [0.2, 0.25) is 0 Å². The van der Waals surface area contributed by atoms with E-state index in [-0.39, 0.29) is 0 Å². The third-order valence-corrected chi connectivity index (χ3v) is 4.84. The van der Waals surface area contributed by atoms with Crippen LogP contribution in [-0.2, 0) is 13.0 Å². The Morgan fingerprint density at radius 2 is 2.06 bits per heavy atom. The van der Waals surface area contributed by atoms with E-state index in [1.807, 2.05) is 0 Å². The molecule has 1 fully saturated rings. The van der Waals surface area contributed by atoms with Crippen LogP contribution in [0.5, 0.6) is 0 Å². The van der Waals surface area contributed by atoms with Crippen molar-refractivity contribution in [1.29, 1.82) is 0 Å². The molecule has 0 amide bonds. The quantitative estimate of drug-likeness (QED) is 0.870. The third-order valence-electron chi connectivity index (χ3n) is 4.84. The molecule has 100 valence electrons. The van der Waals surface area contributed by atoms with Gasteiger partial charge in [-0.15, -0.1) is 0 Å². The lowest BCUT2D eigenvalue weighted by Gasteiger charge is -2.31. The molecule has 3 nitrogen and oxygen atoms in total. The molecule has 1 atom stereocenters. The van der Waals surface area contributed by atoms with Crippen LogP contribution in [0.15, 0.2) is 0 Å². The Morgan fingerprint density at radius 1 is 1.28 bits per heavy atom. The van der Waals surface area contributed by atoms with E-state index in [1.54, 1.807) is 0 Å². The highest BCUT2D eigenvalue weighted by molar-refractivity contribution is 5.21. The molecule has 0 radical (unpaired) electrons. The number of imidazole rings is 1. The maximum atomic E-state index is 4.77. The zero-order valence-corrected chi connectivity index (χ0v) is 11.7. The first-order valence-corrected chi connectivity index (χ1v) is 7.54. The van der Waals surface area contributed by atoms with Crippen molar-refractivity contribution in [3.63, 3.8) is 0 Å². The Morgan fingerprint density at radius 3 is 2.83 bits per heavy atom. The lowest BCUT2D eigenvalue weighted by Crippen LogP contribution is -2.27. The number of nitrogens with zero attached hydrogens (tertiary/aromatic N) is 2. The van der Waals surface area contributed by atoms with Gasteiger partial charge in [0, 0.05) is 31.2 Å². The molecule has 2 heterocycles. The van der Waals surface area contributed by atoms with Crippen LogP contribution < -0.4 is 5.32 Å². The van der Waals surface area contributed by atoms with Gasteiger partial charge in [0.15, 0.2) is 0 Å². The van der Waals surface area contributed by atoms with E-state index in [2.05, 4.69) is 23.7 Å².